The van der Waals surface area contributed by atoms with Crippen LogP contribution in [-0.2, 0) is 0 Å². The van der Waals surface area contributed by atoms with E-state index < -0.39 is 5.79 Å². The molecule has 0 saturated heterocycles. The first kappa shape index (κ1) is 8.97. The van der Waals surface area contributed by atoms with E-state index in [1.54, 1.807) is 0 Å². The van der Waals surface area contributed by atoms with Crippen molar-refractivity contribution in [2.75, 3.05) is 0 Å². The van der Waals surface area contributed by atoms with Gasteiger partial charge in [-0.25, -0.2) is 0 Å². The number of hydrogen-bond donors (Lipinski definition) is 2. The minimum atomic E-state index is -1.45. The van der Waals surface area contributed by atoms with Crippen LogP contribution in [0.2, 0.25) is 0 Å². The van der Waals surface area contributed by atoms with Crippen molar-refractivity contribution in [3.8, 4) is 0 Å². The summed E-state index contributed by atoms with van der Waals surface area (Å²) >= 11 is 6.80. The molecule has 0 bridgehead atoms. The maximum absolute atomic E-state index is 9.17. The van der Waals surface area contributed by atoms with Gasteiger partial charge in [0.2, 0.25) is 0 Å². The maximum Gasteiger partial charge on any atom is 0.163 e. The fraction of sp³-hybridized carbons (Fsp3) is 1.00. The van der Waals surface area contributed by atoms with Gasteiger partial charge >= 0.3 is 0 Å². The highest BCUT2D eigenvalue weighted by Gasteiger charge is 2.35. The van der Waals surface area contributed by atoms with Crippen LogP contribution >= 0.6 is 31.9 Å². The van der Waals surface area contributed by atoms with Gasteiger partial charge in [-0.1, -0.05) is 31.9 Å². The summed E-state index contributed by atoms with van der Waals surface area (Å²) < 4.78 is 0. The number of rotatable bonds is 0. The van der Waals surface area contributed by atoms with E-state index in [0.717, 1.165) is 6.42 Å². The van der Waals surface area contributed by atoms with Crippen LogP contribution in [0.5, 0.6) is 0 Å². The summed E-state index contributed by atoms with van der Waals surface area (Å²) in [5.74, 6) is -1.45. The first-order valence-electron chi connectivity index (χ1n) is 3.24. The van der Waals surface area contributed by atoms with Crippen molar-refractivity contribution in [1.82, 2.24) is 0 Å². The zero-order chi connectivity index (χ0) is 7.78. The van der Waals surface area contributed by atoms with Crippen LogP contribution in [0.15, 0.2) is 0 Å². The van der Waals surface area contributed by atoms with Crippen LogP contribution in [0.25, 0.3) is 0 Å². The average Bonchev–Trinajstić information content (AvgIpc) is 1.79. The van der Waals surface area contributed by atoms with Crippen molar-refractivity contribution < 1.29 is 10.2 Å². The van der Waals surface area contributed by atoms with Crippen LogP contribution in [-0.4, -0.2) is 25.7 Å². The Labute approximate surface area is 76.9 Å². The molecule has 1 aliphatic carbocycles. The van der Waals surface area contributed by atoms with Gasteiger partial charge in [0.1, 0.15) is 0 Å². The minimum Gasteiger partial charge on any atom is -0.366 e. The van der Waals surface area contributed by atoms with Gasteiger partial charge in [0, 0.05) is 22.5 Å². The second-order valence-corrected chi connectivity index (χ2v) is 5.11. The lowest BCUT2D eigenvalue weighted by atomic mass is 9.94. The monoisotopic (exact) mass is 272 g/mol. The van der Waals surface area contributed by atoms with Gasteiger partial charge in [0.25, 0.3) is 0 Å². The van der Waals surface area contributed by atoms with Crippen LogP contribution in [0.3, 0.4) is 0 Å². The van der Waals surface area contributed by atoms with Gasteiger partial charge in [-0.3, -0.25) is 0 Å². The molecule has 0 heterocycles. The average molecular weight is 274 g/mol. The van der Waals surface area contributed by atoms with Crippen molar-refractivity contribution in [1.29, 1.82) is 0 Å². The van der Waals surface area contributed by atoms with E-state index in [4.69, 9.17) is 10.2 Å². The van der Waals surface area contributed by atoms with E-state index in [-0.39, 0.29) is 4.83 Å². The van der Waals surface area contributed by atoms with Crippen LogP contribution in [0, 0.1) is 0 Å². The molecule has 10 heavy (non-hydrogen) atoms. The second-order valence-electron chi connectivity index (χ2n) is 2.76. The summed E-state index contributed by atoms with van der Waals surface area (Å²) in [6.07, 6.45) is 1.68. The Morgan fingerprint density at radius 2 is 1.80 bits per heavy atom. The fourth-order valence-electron chi connectivity index (χ4n) is 1.09. The first-order chi connectivity index (χ1) is 4.51. The van der Waals surface area contributed by atoms with Crippen molar-refractivity contribution in [3.05, 3.63) is 0 Å². The summed E-state index contributed by atoms with van der Waals surface area (Å²) in [5.41, 5.74) is 0. The zero-order valence-corrected chi connectivity index (χ0v) is 8.60. The number of halogens is 2. The summed E-state index contributed by atoms with van der Waals surface area (Å²) in [6, 6.07) is 0. The first-order valence-corrected chi connectivity index (χ1v) is 5.07. The predicted octanol–water partition coefficient (Wildman–Crippen LogP) is 1.38. The van der Waals surface area contributed by atoms with E-state index in [1.807, 2.05) is 0 Å². The molecule has 2 unspecified atom stereocenters. The molecule has 0 aromatic rings. The third-order valence-electron chi connectivity index (χ3n) is 1.73. The molecule has 1 aliphatic rings. The molecule has 4 heteroatoms. The van der Waals surface area contributed by atoms with Gasteiger partial charge in [0.05, 0.1) is 0 Å². The Morgan fingerprint density at radius 1 is 1.20 bits per heavy atom. The lowest BCUT2D eigenvalue weighted by molar-refractivity contribution is -0.177. The van der Waals surface area contributed by atoms with Gasteiger partial charge < -0.3 is 10.2 Å². The number of hydrogen-bond acceptors (Lipinski definition) is 2. The largest absolute Gasteiger partial charge is 0.366 e. The minimum absolute atomic E-state index is 0.177. The highest BCUT2D eigenvalue weighted by atomic mass is 79.9. The topological polar surface area (TPSA) is 40.5 Å². The van der Waals surface area contributed by atoms with E-state index in [9.17, 15) is 0 Å². The van der Waals surface area contributed by atoms with Crippen molar-refractivity contribution >= 4 is 31.9 Å². The summed E-state index contributed by atoms with van der Waals surface area (Å²) in [6.45, 7) is 0. The molecule has 1 saturated carbocycles. The summed E-state index contributed by atoms with van der Waals surface area (Å²) in [7, 11) is 0. The lowest BCUT2D eigenvalue weighted by Gasteiger charge is -2.32. The van der Waals surface area contributed by atoms with Crippen LogP contribution in [0.1, 0.15) is 19.3 Å². The van der Waals surface area contributed by atoms with Crippen molar-refractivity contribution in [2.24, 2.45) is 0 Å². The summed E-state index contributed by atoms with van der Waals surface area (Å²) in [5, 5.41) is 18.3. The van der Waals surface area contributed by atoms with E-state index in [2.05, 4.69) is 31.9 Å². The molecule has 0 aromatic heterocycles. The van der Waals surface area contributed by atoms with Crippen LogP contribution < -0.4 is 0 Å². The molecule has 1 rings (SSSR count). The standard InChI is InChI=1S/C6H10Br2O2/c7-4-1-2-6(9,10)3-5(4)8/h4-5,9-10H,1-3H2. The van der Waals surface area contributed by atoms with Gasteiger partial charge in [-0.15, -0.1) is 0 Å². The molecular weight excluding hydrogens is 264 g/mol. The summed E-state index contributed by atoms with van der Waals surface area (Å²) in [4.78, 5) is 0.552. The Balaban J connectivity index is 2.49. The van der Waals surface area contributed by atoms with E-state index in [1.165, 1.54) is 0 Å². The molecule has 0 spiro atoms. The molecule has 2 atom stereocenters. The van der Waals surface area contributed by atoms with Crippen LogP contribution in [0.4, 0.5) is 0 Å². The fourth-order valence-corrected chi connectivity index (χ4v) is 2.29. The van der Waals surface area contributed by atoms with Gasteiger partial charge in [0.15, 0.2) is 5.79 Å². The Hall–Kier alpha value is 0.880. The lowest BCUT2D eigenvalue weighted by Crippen LogP contribution is -2.39. The van der Waals surface area contributed by atoms with Gasteiger partial charge in [-0.05, 0) is 6.42 Å². The van der Waals surface area contributed by atoms with Crippen molar-refractivity contribution in [3.63, 3.8) is 0 Å². The molecular formula is C6H10Br2O2. The molecule has 0 aromatic carbocycles. The second kappa shape index (κ2) is 3.09. The quantitative estimate of drug-likeness (QED) is 0.517. The maximum atomic E-state index is 9.17. The molecule has 0 radical (unpaired) electrons. The number of alkyl halides is 2. The molecule has 1 fully saturated rings. The predicted molar refractivity (Wildman–Crippen MR) is 46.4 cm³/mol. The Kier molecular flexibility index (Phi) is 2.77. The highest BCUT2D eigenvalue weighted by molar-refractivity contribution is 9.12. The zero-order valence-electron chi connectivity index (χ0n) is 5.43. The highest BCUT2D eigenvalue weighted by Crippen LogP contribution is 2.34. The number of aliphatic hydroxyl groups is 2. The van der Waals surface area contributed by atoms with Crippen molar-refractivity contribution in [2.45, 2.75) is 34.7 Å². The Morgan fingerprint density at radius 3 is 2.20 bits per heavy atom. The Bertz CT molecular complexity index is 127. The van der Waals surface area contributed by atoms with Gasteiger partial charge in [-0.2, -0.15) is 0 Å². The molecule has 0 aliphatic heterocycles. The molecule has 2 N–H and O–H groups in total. The SMILES string of the molecule is OC1(O)CCC(Br)C(Br)C1. The normalized spacial score (nSPS) is 39.6. The molecule has 2 nitrogen and oxygen atoms in total. The third-order valence-corrected chi connectivity index (χ3v) is 4.50. The van der Waals surface area contributed by atoms with E-state index in [0.29, 0.717) is 17.7 Å². The van der Waals surface area contributed by atoms with E-state index >= 15 is 0 Å². The molecule has 0 amide bonds. The smallest absolute Gasteiger partial charge is 0.163 e. The third kappa shape index (κ3) is 2.19. The molecule has 60 valence electrons.